The average Bonchev–Trinajstić information content (AvgIpc) is 2.94. The highest BCUT2D eigenvalue weighted by Gasteiger charge is 2.12. The quantitative estimate of drug-likeness (QED) is 0.483. The Morgan fingerprint density at radius 2 is 1.28 bits per heavy atom. The summed E-state index contributed by atoms with van der Waals surface area (Å²) in [6.45, 7) is 0. The fraction of sp³-hybridized carbons (Fsp3) is 0. The van der Waals surface area contributed by atoms with E-state index in [0.29, 0.717) is 20.8 Å². The third-order valence-corrected chi connectivity index (χ3v) is 3.46. The summed E-state index contributed by atoms with van der Waals surface area (Å²) >= 11 is 10.5. The first kappa shape index (κ1) is 9.92. The Bertz CT molecular complexity index is 935. The molecule has 0 saturated heterocycles. The van der Waals surface area contributed by atoms with Gasteiger partial charge in [-0.15, -0.1) is 0 Å². The van der Waals surface area contributed by atoms with Crippen LogP contribution < -0.4 is 0 Å². The summed E-state index contributed by atoms with van der Waals surface area (Å²) < 4.78 is 4.79. The lowest BCUT2D eigenvalue weighted by Gasteiger charge is -2.03. The van der Waals surface area contributed by atoms with Gasteiger partial charge >= 0.3 is 0 Å². The largest absolute Gasteiger partial charge is 0.263 e. The zero-order valence-corrected chi connectivity index (χ0v) is 10.5. The van der Waals surface area contributed by atoms with Crippen molar-refractivity contribution in [3.63, 3.8) is 0 Å². The zero-order chi connectivity index (χ0) is 12.3. The van der Waals surface area contributed by atoms with Crippen molar-refractivity contribution in [2.24, 2.45) is 0 Å². The predicted molar refractivity (Wildman–Crippen MR) is 71.8 cm³/mol. The monoisotopic (exact) mass is 274 g/mol. The van der Waals surface area contributed by atoms with Crippen molar-refractivity contribution >= 4 is 46.8 Å². The number of H-pyrrole nitrogens is 2. The van der Waals surface area contributed by atoms with Gasteiger partial charge in [0.15, 0.2) is 9.54 Å². The molecule has 2 N–H and O–H groups in total. The molecule has 6 nitrogen and oxygen atoms in total. The number of nitrogens with one attached hydrogen (secondary N) is 2. The van der Waals surface area contributed by atoms with Gasteiger partial charge in [-0.25, -0.2) is 0 Å². The first-order chi connectivity index (χ1) is 8.77. The molecule has 0 aliphatic carbocycles. The van der Waals surface area contributed by atoms with Gasteiger partial charge in [0, 0.05) is 0 Å². The van der Waals surface area contributed by atoms with E-state index < -0.39 is 0 Å². The Kier molecular flexibility index (Phi) is 1.78. The first-order valence-electron chi connectivity index (χ1n) is 5.22. The normalized spacial score (nSPS) is 11.8. The average molecular weight is 274 g/mol. The Labute approximate surface area is 110 Å². The maximum Gasteiger partial charge on any atom is 0.205 e. The summed E-state index contributed by atoms with van der Waals surface area (Å²) in [6, 6.07) is 7.85. The fourth-order valence-corrected chi connectivity index (χ4v) is 2.64. The molecule has 0 aliphatic heterocycles. The van der Waals surface area contributed by atoms with Crippen molar-refractivity contribution < 1.29 is 0 Å². The fourth-order valence-electron chi connectivity index (χ4n) is 2.18. The molecule has 0 unspecified atom stereocenters. The van der Waals surface area contributed by atoms with Crippen LogP contribution >= 0.6 is 24.4 Å². The predicted octanol–water partition coefficient (Wildman–Crippen LogP) is 2.25. The van der Waals surface area contributed by atoms with Crippen LogP contribution in [0.5, 0.6) is 0 Å². The molecule has 4 aromatic rings. The van der Waals surface area contributed by atoms with E-state index in [0.717, 1.165) is 11.0 Å². The third kappa shape index (κ3) is 1.06. The number of rotatable bonds is 0. The second-order valence-corrected chi connectivity index (χ2v) is 4.64. The van der Waals surface area contributed by atoms with Crippen LogP contribution in [0.15, 0.2) is 24.3 Å². The van der Waals surface area contributed by atoms with Crippen LogP contribution in [0.4, 0.5) is 0 Å². The van der Waals surface area contributed by atoms with E-state index in [1.54, 1.807) is 0 Å². The smallest absolute Gasteiger partial charge is 0.205 e. The number of benzene rings is 1. The van der Waals surface area contributed by atoms with Gasteiger partial charge in [-0.3, -0.25) is 19.0 Å². The highest BCUT2D eigenvalue weighted by Crippen LogP contribution is 2.20. The lowest BCUT2D eigenvalue weighted by atomic mass is 10.3. The van der Waals surface area contributed by atoms with Crippen molar-refractivity contribution in [1.82, 2.24) is 29.2 Å². The zero-order valence-electron chi connectivity index (χ0n) is 8.91. The van der Waals surface area contributed by atoms with Gasteiger partial charge in [-0.2, -0.15) is 10.2 Å². The van der Waals surface area contributed by atoms with E-state index in [1.165, 1.54) is 0 Å². The molecular formula is C10H6N6S2. The van der Waals surface area contributed by atoms with Gasteiger partial charge < -0.3 is 0 Å². The van der Waals surface area contributed by atoms with Gasteiger partial charge in [0.1, 0.15) is 0 Å². The van der Waals surface area contributed by atoms with Crippen LogP contribution in [0.25, 0.3) is 22.3 Å². The summed E-state index contributed by atoms with van der Waals surface area (Å²) in [5.41, 5.74) is 3.20. The minimum absolute atomic E-state index is 0.539. The third-order valence-electron chi connectivity index (χ3n) is 2.91. The lowest BCUT2D eigenvalue weighted by molar-refractivity contribution is 1.08. The lowest BCUT2D eigenvalue weighted by Crippen LogP contribution is -1.97. The maximum absolute atomic E-state index is 5.26. The van der Waals surface area contributed by atoms with Crippen LogP contribution in [0.2, 0.25) is 0 Å². The van der Waals surface area contributed by atoms with Crippen molar-refractivity contribution in [3.05, 3.63) is 33.8 Å². The summed E-state index contributed by atoms with van der Waals surface area (Å²) in [5.74, 6) is 0. The molecule has 0 saturated carbocycles. The molecule has 0 radical (unpaired) electrons. The molecule has 1 aromatic carbocycles. The number of aromatic amines is 2. The Morgan fingerprint density at radius 1 is 0.833 bits per heavy atom. The highest BCUT2D eigenvalue weighted by atomic mass is 32.1. The Hall–Kier alpha value is -2.06. The number of aromatic nitrogens is 6. The van der Waals surface area contributed by atoms with E-state index in [4.69, 9.17) is 24.4 Å². The molecule has 0 amide bonds. The molecule has 18 heavy (non-hydrogen) atoms. The van der Waals surface area contributed by atoms with Gasteiger partial charge in [0.25, 0.3) is 0 Å². The summed E-state index contributed by atoms with van der Waals surface area (Å²) in [7, 11) is 0. The van der Waals surface area contributed by atoms with Gasteiger partial charge in [-0.05, 0) is 36.6 Å². The second-order valence-electron chi connectivity index (χ2n) is 3.86. The molecule has 0 bridgehead atoms. The van der Waals surface area contributed by atoms with Crippen molar-refractivity contribution in [2.45, 2.75) is 0 Å². The van der Waals surface area contributed by atoms with Crippen molar-refractivity contribution in [1.29, 1.82) is 0 Å². The van der Waals surface area contributed by atoms with Gasteiger partial charge in [0.2, 0.25) is 11.3 Å². The maximum atomic E-state index is 5.26. The Balaban J connectivity index is 2.59. The summed E-state index contributed by atoms with van der Waals surface area (Å²) in [5, 5.41) is 14.0. The van der Waals surface area contributed by atoms with Gasteiger partial charge in [-0.1, -0.05) is 12.1 Å². The van der Waals surface area contributed by atoms with Crippen LogP contribution in [-0.4, -0.2) is 29.2 Å². The van der Waals surface area contributed by atoms with Crippen LogP contribution in [0, 0.1) is 9.54 Å². The second kappa shape index (κ2) is 3.24. The number of fused-ring (bicyclic) bond motifs is 6. The van der Waals surface area contributed by atoms with E-state index in [9.17, 15) is 0 Å². The molecule has 0 fully saturated rings. The number of nitrogens with zero attached hydrogens (tertiary/aromatic N) is 4. The summed E-state index contributed by atoms with van der Waals surface area (Å²) in [4.78, 5) is 0. The minimum atomic E-state index is 0.539. The van der Waals surface area contributed by atoms with E-state index >= 15 is 0 Å². The van der Waals surface area contributed by atoms with Crippen molar-refractivity contribution in [2.75, 3.05) is 0 Å². The molecule has 3 aromatic heterocycles. The standard InChI is InChI=1S/C10H6N6S2/c17-9-13-11-7-8-12-14-10(18)16(8)6-4-2-1-3-5(6)15(7)9/h1-4H,(H,13,17)(H,14,18). The van der Waals surface area contributed by atoms with E-state index in [2.05, 4.69) is 20.4 Å². The SMILES string of the molecule is S=c1[nH]nc2c3n[nH]c(=S)n3c3ccccc3n12. The molecule has 0 spiro atoms. The first-order valence-corrected chi connectivity index (χ1v) is 6.04. The van der Waals surface area contributed by atoms with Crippen molar-refractivity contribution in [3.8, 4) is 0 Å². The molecule has 8 heteroatoms. The molecule has 3 heterocycles. The van der Waals surface area contributed by atoms with Gasteiger partial charge in [0.05, 0.1) is 11.0 Å². The molecule has 0 atom stereocenters. The van der Waals surface area contributed by atoms with Crippen LogP contribution in [0.1, 0.15) is 0 Å². The van der Waals surface area contributed by atoms with E-state index in [-0.39, 0.29) is 0 Å². The minimum Gasteiger partial charge on any atom is -0.263 e. The molecule has 0 aliphatic rings. The topological polar surface area (TPSA) is 66.2 Å². The Morgan fingerprint density at radius 3 is 1.72 bits per heavy atom. The van der Waals surface area contributed by atoms with Crippen LogP contribution in [0.3, 0.4) is 0 Å². The van der Waals surface area contributed by atoms with E-state index in [1.807, 2.05) is 33.1 Å². The number of hydrogen-bond donors (Lipinski definition) is 2. The summed E-state index contributed by atoms with van der Waals surface area (Å²) in [6.07, 6.45) is 0. The molecule has 4 rings (SSSR count). The van der Waals surface area contributed by atoms with Crippen LogP contribution in [-0.2, 0) is 0 Å². The number of para-hydroxylation sites is 2. The number of hydrogen-bond acceptors (Lipinski definition) is 4. The highest BCUT2D eigenvalue weighted by molar-refractivity contribution is 7.71. The molecular weight excluding hydrogens is 268 g/mol. The molecule has 88 valence electrons.